The molecule has 0 unspecified atom stereocenters. The standard InChI is InChI=1S/C24H34BrNO3/c1-4-6-13-27-14-9-12-26-17-20-15-22(25)24(23(16-20)28-5-2)29-18-21-11-8-7-10-19(21)3/h7-8,10-11,15-16,26H,4-6,9,12-14,17-18H2,1-3H3. The maximum Gasteiger partial charge on any atom is 0.175 e. The predicted octanol–water partition coefficient (Wildman–Crippen LogP) is 6.03. The lowest BCUT2D eigenvalue weighted by atomic mass is 10.1. The monoisotopic (exact) mass is 463 g/mol. The summed E-state index contributed by atoms with van der Waals surface area (Å²) in [6.07, 6.45) is 3.33. The Morgan fingerprint density at radius 3 is 2.55 bits per heavy atom. The van der Waals surface area contributed by atoms with E-state index in [-0.39, 0.29) is 0 Å². The number of nitrogens with one attached hydrogen (secondary N) is 1. The molecule has 0 saturated heterocycles. The fourth-order valence-electron chi connectivity index (χ4n) is 2.93. The molecule has 0 fully saturated rings. The summed E-state index contributed by atoms with van der Waals surface area (Å²) in [5.41, 5.74) is 3.56. The van der Waals surface area contributed by atoms with Crippen LogP contribution in [0.4, 0.5) is 0 Å². The Hall–Kier alpha value is -1.56. The third-order valence-corrected chi connectivity index (χ3v) is 5.21. The quantitative estimate of drug-likeness (QED) is 0.347. The van der Waals surface area contributed by atoms with Crippen molar-refractivity contribution in [3.63, 3.8) is 0 Å². The minimum Gasteiger partial charge on any atom is -0.490 e. The molecule has 4 nitrogen and oxygen atoms in total. The molecule has 2 aromatic carbocycles. The number of halogens is 1. The Morgan fingerprint density at radius 1 is 1.00 bits per heavy atom. The molecule has 0 radical (unpaired) electrons. The highest BCUT2D eigenvalue weighted by Crippen LogP contribution is 2.37. The van der Waals surface area contributed by atoms with Gasteiger partial charge in [0.2, 0.25) is 0 Å². The summed E-state index contributed by atoms with van der Waals surface area (Å²) in [6, 6.07) is 12.4. The van der Waals surface area contributed by atoms with Gasteiger partial charge in [0.05, 0.1) is 11.1 Å². The predicted molar refractivity (Wildman–Crippen MR) is 123 cm³/mol. The Labute approximate surface area is 184 Å². The third kappa shape index (κ3) is 8.37. The van der Waals surface area contributed by atoms with Gasteiger partial charge in [0.15, 0.2) is 11.5 Å². The minimum absolute atomic E-state index is 0.515. The van der Waals surface area contributed by atoms with Crippen LogP contribution in [0.1, 0.15) is 49.8 Å². The van der Waals surface area contributed by atoms with Gasteiger partial charge in [0.25, 0.3) is 0 Å². The summed E-state index contributed by atoms with van der Waals surface area (Å²) in [5, 5.41) is 3.48. The zero-order valence-corrected chi connectivity index (χ0v) is 19.5. The second-order valence-corrected chi connectivity index (χ2v) is 7.90. The molecule has 0 aliphatic carbocycles. The van der Waals surface area contributed by atoms with Gasteiger partial charge in [-0.1, -0.05) is 37.6 Å². The Balaban J connectivity index is 1.90. The van der Waals surface area contributed by atoms with Crippen molar-refractivity contribution >= 4 is 15.9 Å². The summed E-state index contributed by atoms with van der Waals surface area (Å²) in [4.78, 5) is 0. The van der Waals surface area contributed by atoms with Crippen molar-refractivity contribution in [2.45, 2.75) is 53.2 Å². The van der Waals surface area contributed by atoms with Gasteiger partial charge in [-0.05, 0) is 78.0 Å². The van der Waals surface area contributed by atoms with Crippen LogP contribution in [-0.2, 0) is 17.9 Å². The molecule has 2 aromatic rings. The van der Waals surface area contributed by atoms with Crippen LogP contribution in [0.15, 0.2) is 40.9 Å². The van der Waals surface area contributed by atoms with E-state index in [9.17, 15) is 0 Å². The molecule has 0 aliphatic heterocycles. The van der Waals surface area contributed by atoms with Crippen molar-refractivity contribution in [1.82, 2.24) is 5.32 Å². The fourth-order valence-corrected chi connectivity index (χ4v) is 3.53. The van der Waals surface area contributed by atoms with E-state index in [0.29, 0.717) is 13.2 Å². The summed E-state index contributed by atoms with van der Waals surface area (Å²) in [6.45, 7) is 10.8. The number of hydrogen-bond donors (Lipinski definition) is 1. The summed E-state index contributed by atoms with van der Waals surface area (Å²) in [5.74, 6) is 1.53. The number of unbranched alkanes of at least 4 members (excludes halogenated alkanes) is 1. The van der Waals surface area contributed by atoms with E-state index in [0.717, 1.165) is 60.7 Å². The molecular formula is C24H34BrNO3. The molecule has 0 aliphatic rings. The first-order valence-corrected chi connectivity index (χ1v) is 11.4. The first-order valence-electron chi connectivity index (χ1n) is 10.6. The number of ether oxygens (including phenoxy) is 3. The normalized spacial score (nSPS) is 10.9. The van der Waals surface area contributed by atoms with Gasteiger partial charge in [0, 0.05) is 19.8 Å². The SMILES string of the molecule is CCCCOCCCNCc1cc(Br)c(OCc2ccccc2C)c(OCC)c1. The number of aryl methyl sites for hydroxylation is 1. The largest absolute Gasteiger partial charge is 0.490 e. The number of benzene rings is 2. The Kier molecular flexibility index (Phi) is 11.1. The van der Waals surface area contributed by atoms with Crippen molar-refractivity contribution in [3.8, 4) is 11.5 Å². The lowest BCUT2D eigenvalue weighted by Crippen LogP contribution is -2.16. The van der Waals surface area contributed by atoms with Crippen molar-refractivity contribution in [3.05, 3.63) is 57.6 Å². The summed E-state index contributed by atoms with van der Waals surface area (Å²) < 4.78 is 18.5. The molecule has 0 saturated carbocycles. The van der Waals surface area contributed by atoms with E-state index >= 15 is 0 Å². The highest BCUT2D eigenvalue weighted by atomic mass is 79.9. The molecule has 0 atom stereocenters. The van der Waals surface area contributed by atoms with Gasteiger partial charge >= 0.3 is 0 Å². The molecule has 5 heteroatoms. The smallest absolute Gasteiger partial charge is 0.175 e. The lowest BCUT2D eigenvalue weighted by molar-refractivity contribution is 0.129. The van der Waals surface area contributed by atoms with Gasteiger partial charge in [-0.25, -0.2) is 0 Å². The first kappa shape index (κ1) is 23.7. The van der Waals surface area contributed by atoms with Crippen LogP contribution in [0.25, 0.3) is 0 Å². The van der Waals surface area contributed by atoms with Gasteiger partial charge in [0.1, 0.15) is 6.61 Å². The molecule has 0 bridgehead atoms. The van der Waals surface area contributed by atoms with Crippen molar-refractivity contribution in [2.75, 3.05) is 26.4 Å². The number of hydrogen-bond acceptors (Lipinski definition) is 4. The van der Waals surface area contributed by atoms with E-state index < -0.39 is 0 Å². The minimum atomic E-state index is 0.515. The highest BCUT2D eigenvalue weighted by molar-refractivity contribution is 9.10. The molecular weight excluding hydrogens is 430 g/mol. The molecule has 0 amide bonds. The van der Waals surface area contributed by atoms with Crippen LogP contribution in [0.3, 0.4) is 0 Å². The average Bonchev–Trinajstić information content (AvgIpc) is 2.71. The molecule has 0 aromatic heterocycles. The van der Waals surface area contributed by atoms with Crippen LogP contribution >= 0.6 is 15.9 Å². The van der Waals surface area contributed by atoms with Gasteiger partial charge < -0.3 is 19.5 Å². The molecule has 29 heavy (non-hydrogen) atoms. The molecule has 1 N–H and O–H groups in total. The summed E-state index contributed by atoms with van der Waals surface area (Å²) >= 11 is 3.67. The van der Waals surface area contributed by atoms with E-state index in [2.05, 4.69) is 59.4 Å². The topological polar surface area (TPSA) is 39.7 Å². The Morgan fingerprint density at radius 2 is 1.79 bits per heavy atom. The highest BCUT2D eigenvalue weighted by Gasteiger charge is 2.13. The molecule has 160 valence electrons. The van der Waals surface area contributed by atoms with Crippen LogP contribution in [-0.4, -0.2) is 26.4 Å². The maximum absolute atomic E-state index is 6.12. The zero-order chi connectivity index (χ0) is 20.9. The van der Waals surface area contributed by atoms with Crippen LogP contribution in [0, 0.1) is 6.92 Å². The van der Waals surface area contributed by atoms with Crippen LogP contribution in [0.2, 0.25) is 0 Å². The van der Waals surface area contributed by atoms with Crippen molar-refractivity contribution in [2.24, 2.45) is 0 Å². The van der Waals surface area contributed by atoms with E-state index in [1.807, 2.05) is 19.1 Å². The summed E-state index contributed by atoms with van der Waals surface area (Å²) in [7, 11) is 0. The molecule has 0 heterocycles. The molecule has 0 spiro atoms. The van der Waals surface area contributed by atoms with Crippen molar-refractivity contribution < 1.29 is 14.2 Å². The Bertz CT molecular complexity index is 736. The van der Waals surface area contributed by atoms with Gasteiger partial charge in [-0.15, -0.1) is 0 Å². The fraction of sp³-hybridized carbons (Fsp3) is 0.500. The second-order valence-electron chi connectivity index (χ2n) is 7.05. The zero-order valence-electron chi connectivity index (χ0n) is 17.9. The maximum atomic E-state index is 6.12. The second kappa shape index (κ2) is 13.6. The van der Waals surface area contributed by atoms with Crippen LogP contribution in [0.5, 0.6) is 11.5 Å². The number of rotatable bonds is 14. The molecule has 2 rings (SSSR count). The first-order chi connectivity index (χ1) is 14.2. The van der Waals surface area contributed by atoms with Gasteiger partial charge in [-0.3, -0.25) is 0 Å². The van der Waals surface area contributed by atoms with Crippen LogP contribution < -0.4 is 14.8 Å². The van der Waals surface area contributed by atoms with E-state index in [4.69, 9.17) is 14.2 Å². The average molecular weight is 464 g/mol. The lowest BCUT2D eigenvalue weighted by Gasteiger charge is -2.16. The van der Waals surface area contributed by atoms with E-state index in [1.165, 1.54) is 17.5 Å². The van der Waals surface area contributed by atoms with E-state index in [1.54, 1.807) is 0 Å². The van der Waals surface area contributed by atoms with Crippen molar-refractivity contribution in [1.29, 1.82) is 0 Å². The third-order valence-electron chi connectivity index (χ3n) is 4.62. The van der Waals surface area contributed by atoms with Gasteiger partial charge in [-0.2, -0.15) is 0 Å².